The molecule has 1 nitrogen and oxygen atoms in total. The molecule has 18 heavy (non-hydrogen) atoms. The monoisotopic (exact) mass is 292 g/mol. The Kier molecular flexibility index (Phi) is 4.05. The topological polar surface area (TPSA) is 9.23 Å². The lowest BCUT2D eigenvalue weighted by atomic mass is 10.0. The van der Waals surface area contributed by atoms with Crippen LogP contribution in [0.1, 0.15) is 16.7 Å². The van der Waals surface area contributed by atoms with Crippen LogP contribution in [0, 0.1) is 0 Å². The Bertz CT molecular complexity index is 437. The van der Waals surface area contributed by atoms with Gasteiger partial charge in [0, 0.05) is 5.56 Å². The molecule has 0 bridgehead atoms. The largest absolute Gasteiger partial charge is 0.496 e. The third-order valence-corrected chi connectivity index (χ3v) is 2.46. The molecule has 0 spiro atoms. The summed E-state index contributed by atoms with van der Waals surface area (Å²) in [7, 11) is 0.862. The van der Waals surface area contributed by atoms with Crippen LogP contribution in [0.25, 0.3) is 0 Å². The van der Waals surface area contributed by atoms with Gasteiger partial charge in [-0.3, -0.25) is 0 Å². The Labute approximate surface area is 103 Å². The van der Waals surface area contributed by atoms with Crippen LogP contribution < -0.4 is 4.74 Å². The van der Waals surface area contributed by atoms with E-state index in [0.717, 1.165) is 13.2 Å². The van der Waals surface area contributed by atoms with E-state index in [1.165, 1.54) is 0 Å². The fourth-order valence-corrected chi connectivity index (χ4v) is 1.69. The lowest BCUT2D eigenvalue weighted by Crippen LogP contribution is -2.18. The summed E-state index contributed by atoms with van der Waals surface area (Å²) in [4.78, 5) is 0. The van der Waals surface area contributed by atoms with Crippen LogP contribution in [0.2, 0.25) is 0 Å². The molecule has 0 saturated carbocycles. The second-order valence-electron chi connectivity index (χ2n) is 3.31. The van der Waals surface area contributed by atoms with Crippen LogP contribution in [0.5, 0.6) is 5.75 Å². The SMILES string of the molecule is COc1c(CCl)ccc(C(F)(F)F)c1C(F)(F)F. The summed E-state index contributed by atoms with van der Waals surface area (Å²) >= 11 is 5.37. The van der Waals surface area contributed by atoms with E-state index in [4.69, 9.17) is 11.6 Å². The molecule has 0 N–H and O–H groups in total. The number of hydrogen-bond donors (Lipinski definition) is 0. The number of benzene rings is 1. The summed E-state index contributed by atoms with van der Waals surface area (Å²) in [6, 6.07) is 1.22. The number of methoxy groups -OCH3 is 1. The van der Waals surface area contributed by atoms with Crippen LogP contribution in [0.3, 0.4) is 0 Å². The van der Waals surface area contributed by atoms with Gasteiger partial charge in [-0.15, -0.1) is 11.6 Å². The fourth-order valence-electron chi connectivity index (χ4n) is 1.48. The van der Waals surface area contributed by atoms with Gasteiger partial charge in [0.2, 0.25) is 0 Å². The molecule has 0 heterocycles. The molecule has 1 aromatic carbocycles. The summed E-state index contributed by atoms with van der Waals surface area (Å²) in [6.45, 7) is 0. The molecule has 1 aromatic rings. The molecule has 0 radical (unpaired) electrons. The molecule has 1 rings (SSSR count). The average molecular weight is 293 g/mol. The summed E-state index contributed by atoms with van der Waals surface area (Å²) in [6.07, 6.45) is -10.3. The zero-order valence-electron chi connectivity index (χ0n) is 8.92. The number of rotatable bonds is 2. The maximum Gasteiger partial charge on any atom is 0.420 e. The molecule has 0 fully saturated rings. The van der Waals surface area contributed by atoms with E-state index in [-0.39, 0.29) is 11.4 Å². The van der Waals surface area contributed by atoms with Crippen molar-refractivity contribution in [1.82, 2.24) is 0 Å². The Hall–Kier alpha value is -1.11. The van der Waals surface area contributed by atoms with E-state index in [1.54, 1.807) is 0 Å². The lowest BCUT2D eigenvalue weighted by Gasteiger charge is -2.20. The van der Waals surface area contributed by atoms with Gasteiger partial charge in [0.25, 0.3) is 0 Å². The third kappa shape index (κ3) is 2.82. The highest BCUT2D eigenvalue weighted by molar-refractivity contribution is 6.17. The zero-order chi connectivity index (χ0) is 14.1. The van der Waals surface area contributed by atoms with Gasteiger partial charge in [0.1, 0.15) is 11.3 Å². The molecule has 0 amide bonds. The molecule has 0 aliphatic rings. The van der Waals surface area contributed by atoms with Crippen molar-refractivity contribution in [3.05, 3.63) is 28.8 Å². The van der Waals surface area contributed by atoms with Crippen molar-refractivity contribution in [2.45, 2.75) is 18.2 Å². The number of hydrogen-bond acceptors (Lipinski definition) is 1. The number of alkyl halides is 7. The van der Waals surface area contributed by atoms with Gasteiger partial charge in [0.05, 0.1) is 18.6 Å². The number of halogens is 7. The molecule has 8 heteroatoms. The van der Waals surface area contributed by atoms with Crippen molar-refractivity contribution in [3.63, 3.8) is 0 Å². The van der Waals surface area contributed by atoms with Crippen LogP contribution in [-0.2, 0) is 18.2 Å². The van der Waals surface area contributed by atoms with Crippen molar-refractivity contribution < 1.29 is 31.1 Å². The van der Waals surface area contributed by atoms with Crippen molar-refractivity contribution in [2.75, 3.05) is 7.11 Å². The molecular weight excluding hydrogens is 286 g/mol. The summed E-state index contributed by atoms with van der Waals surface area (Å²) in [5.74, 6) is -1.28. The van der Waals surface area contributed by atoms with E-state index in [9.17, 15) is 26.3 Å². The molecular formula is C10H7ClF6O. The van der Waals surface area contributed by atoms with Crippen molar-refractivity contribution in [2.24, 2.45) is 0 Å². The minimum absolute atomic E-state index is 0.153. The van der Waals surface area contributed by atoms with E-state index in [2.05, 4.69) is 4.74 Å². The maximum absolute atomic E-state index is 12.7. The molecule has 0 saturated heterocycles. The second-order valence-corrected chi connectivity index (χ2v) is 3.58. The van der Waals surface area contributed by atoms with Crippen LogP contribution in [-0.4, -0.2) is 7.11 Å². The van der Waals surface area contributed by atoms with Crippen molar-refractivity contribution in [3.8, 4) is 5.75 Å². The van der Waals surface area contributed by atoms with Crippen LogP contribution in [0.15, 0.2) is 12.1 Å². The summed E-state index contributed by atoms with van der Waals surface area (Å²) in [5.41, 5.74) is -3.80. The van der Waals surface area contributed by atoms with Crippen LogP contribution >= 0.6 is 11.6 Å². The quantitative estimate of drug-likeness (QED) is 0.577. The first-order chi connectivity index (χ1) is 8.12. The Morgan fingerprint density at radius 2 is 1.61 bits per heavy atom. The molecule has 0 atom stereocenters. The van der Waals surface area contributed by atoms with E-state index in [1.807, 2.05) is 0 Å². The van der Waals surface area contributed by atoms with E-state index >= 15 is 0 Å². The van der Waals surface area contributed by atoms with Gasteiger partial charge >= 0.3 is 12.4 Å². The molecule has 102 valence electrons. The maximum atomic E-state index is 12.7. The fraction of sp³-hybridized carbons (Fsp3) is 0.400. The highest BCUT2D eigenvalue weighted by atomic mass is 35.5. The third-order valence-electron chi connectivity index (χ3n) is 2.18. The summed E-state index contributed by atoms with van der Waals surface area (Å²) in [5, 5.41) is 0. The van der Waals surface area contributed by atoms with Gasteiger partial charge in [-0.2, -0.15) is 26.3 Å². The van der Waals surface area contributed by atoms with E-state index in [0.29, 0.717) is 6.07 Å². The van der Waals surface area contributed by atoms with Crippen molar-refractivity contribution in [1.29, 1.82) is 0 Å². The lowest BCUT2D eigenvalue weighted by molar-refractivity contribution is -0.163. The molecule has 0 aliphatic carbocycles. The van der Waals surface area contributed by atoms with Gasteiger partial charge in [0.15, 0.2) is 0 Å². The second kappa shape index (κ2) is 4.87. The van der Waals surface area contributed by atoms with Gasteiger partial charge < -0.3 is 4.74 Å². The highest BCUT2D eigenvalue weighted by Gasteiger charge is 2.46. The predicted octanol–water partition coefficient (Wildman–Crippen LogP) is 4.47. The predicted molar refractivity (Wildman–Crippen MR) is 52.6 cm³/mol. The first-order valence-electron chi connectivity index (χ1n) is 4.53. The zero-order valence-corrected chi connectivity index (χ0v) is 9.67. The smallest absolute Gasteiger partial charge is 0.420 e. The number of ether oxygens (including phenoxy) is 1. The van der Waals surface area contributed by atoms with Gasteiger partial charge in [-0.1, -0.05) is 6.07 Å². The standard InChI is InChI=1S/C10H7ClF6O/c1-18-8-5(4-11)2-3-6(9(12,13)14)7(8)10(15,16)17/h2-3H,4H2,1H3. The average Bonchev–Trinajstić information content (AvgIpc) is 2.24. The van der Waals surface area contributed by atoms with Crippen molar-refractivity contribution >= 4 is 11.6 Å². The van der Waals surface area contributed by atoms with E-state index < -0.39 is 29.2 Å². The minimum Gasteiger partial charge on any atom is -0.496 e. The Morgan fingerprint density at radius 3 is 1.94 bits per heavy atom. The Morgan fingerprint density at radius 1 is 1.06 bits per heavy atom. The molecule has 0 aliphatic heterocycles. The normalized spacial score (nSPS) is 12.7. The molecule has 0 aromatic heterocycles. The molecule has 0 unspecified atom stereocenters. The first kappa shape index (κ1) is 14.9. The van der Waals surface area contributed by atoms with Crippen LogP contribution in [0.4, 0.5) is 26.3 Å². The Balaban J connectivity index is 3.66. The summed E-state index contributed by atoms with van der Waals surface area (Å²) < 4.78 is 80.2. The highest BCUT2D eigenvalue weighted by Crippen LogP contribution is 2.46. The van der Waals surface area contributed by atoms with Gasteiger partial charge in [-0.25, -0.2) is 0 Å². The van der Waals surface area contributed by atoms with Gasteiger partial charge in [-0.05, 0) is 6.07 Å². The first-order valence-corrected chi connectivity index (χ1v) is 5.06. The minimum atomic E-state index is -5.18.